The van der Waals surface area contributed by atoms with Gasteiger partial charge in [0.2, 0.25) is 0 Å². The predicted molar refractivity (Wildman–Crippen MR) is 145 cm³/mol. The number of aromatic nitrogens is 2. The van der Waals surface area contributed by atoms with E-state index in [0.29, 0.717) is 28.7 Å². The Bertz CT molecular complexity index is 1420. The van der Waals surface area contributed by atoms with Gasteiger partial charge in [-0.2, -0.15) is 0 Å². The molecule has 2 aromatic carbocycles. The number of pyridine rings is 1. The fourth-order valence-electron chi connectivity index (χ4n) is 4.56. The first-order valence-electron chi connectivity index (χ1n) is 12.3. The normalized spacial score (nSPS) is 13.5. The Kier molecular flexibility index (Phi) is 7.27. The van der Waals surface area contributed by atoms with Gasteiger partial charge in [-0.3, -0.25) is 24.8 Å². The second-order valence-electron chi connectivity index (χ2n) is 8.79. The minimum absolute atomic E-state index is 0.0583. The van der Waals surface area contributed by atoms with E-state index in [9.17, 15) is 14.9 Å². The molecule has 0 radical (unpaired) electrons. The van der Waals surface area contributed by atoms with Crippen LogP contribution in [0.25, 0.3) is 10.2 Å². The molecule has 0 spiro atoms. The van der Waals surface area contributed by atoms with Gasteiger partial charge < -0.3 is 9.64 Å². The van der Waals surface area contributed by atoms with Crippen LogP contribution in [-0.4, -0.2) is 40.5 Å². The van der Waals surface area contributed by atoms with Gasteiger partial charge in [0.05, 0.1) is 22.8 Å². The zero-order chi connectivity index (χ0) is 25.8. The standard InChI is InChI=1S/C27H27N5O4S/c1-2-36-23-9-6-10-24-25(23)29-27(37-24)31(18-19-8-7-13-28-17-19)26(33)20-11-12-21(22(16-20)32(34)35)30-14-4-3-5-15-30/h6-13,16-17H,2-5,14-15,18H2,1H3. The van der Waals surface area contributed by atoms with Crippen LogP contribution in [0.5, 0.6) is 5.75 Å². The van der Waals surface area contributed by atoms with Gasteiger partial charge in [0.15, 0.2) is 5.13 Å². The number of carbonyl (C=O) groups excluding carboxylic acids is 1. The van der Waals surface area contributed by atoms with Crippen LogP contribution in [-0.2, 0) is 6.54 Å². The summed E-state index contributed by atoms with van der Waals surface area (Å²) in [6.45, 7) is 4.17. The van der Waals surface area contributed by atoms with E-state index in [2.05, 4.69) is 4.98 Å². The third-order valence-corrected chi connectivity index (χ3v) is 7.37. The van der Waals surface area contributed by atoms with Crippen LogP contribution in [0, 0.1) is 10.1 Å². The average Bonchev–Trinajstić information content (AvgIpc) is 3.37. The average molecular weight is 518 g/mol. The molecule has 9 nitrogen and oxygen atoms in total. The van der Waals surface area contributed by atoms with Gasteiger partial charge in [-0.05, 0) is 62.1 Å². The third-order valence-electron chi connectivity index (χ3n) is 6.33. The fraction of sp³-hybridized carbons (Fsp3) is 0.296. The molecule has 1 amide bonds. The van der Waals surface area contributed by atoms with E-state index in [1.54, 1.807) is 29.4 Å². The number of thiazole rings is 1. The Morgan fingerprint density at radius 3 is 2.73 bits per heavy atom. The first kappa shape index (κ1) is 24.6. The number of hydrogen-bond acceptors (Lipinski definition) is 8. The van der Waals surface area contributed by atoms with Crippen LogP contribution in [0.2, 0.25) is 0 Å². The van der Waals surface area contributed by atoms with E-state index < -0.39 is 4.92 Å². The Morgan fingerprint density at radius 1 is 1.16 bits per heavy atom. The van der Waals surface area contributed by atoms with E-state index in [4.69, 9.17) is 9.72 Å². The molecule has 37 heavy (non-hydrogen) atoms. The number of nitro benzene ring substituents is 1. The van der Waals surface area contributed by atoms with E-state index in [-0.39, 0.29) is 23.7 Å². The molecule has 1 aliphatic rings. The fourth-order valence-corrected chi connectivity index (χ4v) is 5.54. The highest BCUT2D eigenvalue weighted by molar-refractivity contribution is 7.22. The molecule has 0 aliphatic carbocycles. The van der Waals surface area contributed by atoms with E-state index >= 15 is 0 Å². The van der Waals surface area contributed by atoms with Crippen molar-refractivity contribution in [3.8, 4) is 5.75 Å². The molecule has 190 valence electrons. The van der Waals surface area contributed by atoms with Crippen molar-refractivity contribution >= 4 is 44.0 Å². The first-order valence-corrected chi connectivity index (χ1v) is 13.1. The molecule has 1 fully saturated rings. The Balaban J connectivity index is 1.55. The molecule has 0 N–H and O–H groups in total. The maximum Gasteiger partial charge on any atom is 0.293 e. The number of benzene rings is 2. The summed E-state index contributed by atoms with van der Waals surface area (Å²) in [5, 5.41) is 12.5. The lowest BCUT2D eigenvalue weighted by atomic mass is 10.1. The molecule has 0 bridgehead atoms. The van der Waals surface area contributed by atoms with Crippen LogP contribution in [0.4, 0.5) is 16.5 Å². The van der Waals surface area contributed by atoms with Crippen LogP contribution < -0.4 is 14.5 Å². The van der Waals surface area contributed by atoms with E-state index in [1.165, 1.54) is 17.4 Å². The minimum atomic E-state index is -0.405. The Hall–Kier alpha value is -4.05. The molecule has 4 aromatic rings. The quantitative estimate of drug-likeness (QED) is 0.214. The number of fused-ring (bicyclic) bond motifs is 1. The minimum Gasteiger partial charge on any atom is -0.492 e. The van der Waals surface area contributed by atoms with Crippen molar-refractivity contribution in [3.63, 3.8) is 0 Å². The highest BCUT2D eigenvalue weighted by atomic mass is 32.1. The molecule has 10 heteroatoms. The highest BCUT2D eigenvalue weighted by Crippen LogP contribution is 2.37. The van der Waals surface area contributed by atoms with Crippen molar-refractivity contribution in [1.82, 2.24) is 9.97 Å². The Morgan fingerprint density at radius 2 is 2.00 bits per heavy atom. The number of anilines is 2. The van der Waals surface area contributed by atoms with Gasteiger partial charge in [-0.15, -0.1) is 0 Å². The van der Waals surface area contributed by atoms with Crippen molar-refractivity contribution in [3.05, 3.63) is 82.2 Å². The van der Waals surface area contributed by atoms with Crippen molar-refractivity contribution in [1.29, 1.82) is 0 Å². The molecular weight excluding hydrogens is 490 g/mol. The van der Waals surface area contributed by atoms with Crippen molar-refractivity contribution < 1.29 is 14.5 Å². The van der Waals surface area contributed by atoms with E-state index in [1.807, 2.05) is 42.2 Å². The lowest BCUT2D eigenvalue weighted by molar-refractivity contribution is -0.384. The van der Waals surface area contributed by atoms with Gasteiger partial charge in [-0.1, -0.05) is 23.5 Å². The molecule has 0 saturated carbocycles. The zero-order valence-electron chi connectivity index (χ0n) is 20.5. The number of piperidine rings is 1. The SMILES string of the molecule is CCOc1cccc2sc(N(Cc3cccnc3)C(=O)c3ccc(N4CCCCC4)c([N+](=O)[O-])c3)nc12. The maximum absolute atomic E-state index is 13.9. The summed E-state index contributed by atoms with van der Waals surface area (Å²) in [6, 6.07) is 14.1. The molecule has 3 heterocycles. The van der Waals surface area contributed by atoms with Gasteiger partial charge in [0.25, 0.3) is 11.6 Å². The van der Waals surface area contributed by atoms with Gasteiger partial charge in [0, 0.05) is 37.1 Å². The summed E-state index contributed by atoms with van der Waals surface area (Å²) < 4.78 is 6.63. The highest BCUT2D eigenvalue weighted by Gasteiger charge is 2.27. The lowest BCUT2D eigenvalue weighted by Crippen LogP contribution is -2.31. The predicted octanol–water partition coefficient (Wildman–Crippen LogP) is 5.84. The molecule has 5 rings (SSSR count). The maximum atomic E-state index is 13.9. The largest absolute Gasteiger partial charge is 0.492 e. The number of hydrogen-bond donors (Lipinski definition) is 0. The second kappa shape index (κ2) is 10.9. The monoisotopic (exact) mass is 517 g/mol. The number of rotatable bonds is 8. The van der Waals surface area contributed by atoms with Crippen LogP contribution in [0.1, 0.15) is 42.1 Å². The van der Waals surface area contributed by atoms with Gasteiger partial charge >= 0.3 is 0 Å². The first-order chi connectivity index (χ1) is 18.0. The number of carbonyl (C=O) groups is 1. The lowest BCUT2D eigenvalue weighted by Gasteiger charge is -2.28. The van der Waals surface area contributed by atoms with Crippen molar-refractivity contribution in [2.75, 3.05) is 29.5 Å². The second-order valence-corrected chi connectivity index (χ2v) is 9.80. The summed E-state index contributed by atoms with van der Waals surface area (Å²) in [5.41, 5.74) is 2.23. The van der Waals surface area contributed by atoms with Crippen LogP contribution in [0.15, 0.2) is 60.9 Å². The molecule has 2 aromatic heterocycles. The summed E-state index contributed by atoms with van der Waals surface area (Å²) in [6.07, 6.45) is 6.49. The van der Waals surface area contributed by atoms with Gasteiger partial charge in [0.1, 0.15) is 17.0 Å². The number of ether oxygens (including phenoxy) is 1. The van der Waals surface area contributed by atoms with Gasteiger partial charge in [-0.25, -0.2) is 4.98 Å². The number of para-hydroxylation sites is 1. The molecule has 1 aliphatic heterocycles. The topological polar surface area (TPSA) is 102 Å². The summed E-state index contributed by atoms with van der Waals surface area (Å²) >= 11 is 1.38. The third kappa shape index (κ3) is 5.24. The summed E-state index contributed by atoms with van der Waals surface area (Å²) in [5.74, 6) is 0.284. The molecule has 0 atom stereocenters. The molecule has 0 unspecified atom stereocenters. The summed E-state index contributed by atoms with van der Waals surface area (Å²) in [7, 11) is 0. The smallest absolute Gasteiger partial charge is 0.293 e. The number of amides is 1. The summed E-state index contributed by atoms with van der Waals surface area (Å²) in [4.78, 5) is 38.0. The Labute approximate surface area is 218 Å². The zero-order valence-corrected chi connectivity index (χ0v) is 21.3. The number of nitrogens with zero attached hydrogens (tertiary/aromatic N) is 5. The molecular formula is C27H27N5O4S. The molecule has 1 saturated heterocycles. The van der Waals surface area contributed by atoms with Crippen LogP contribution in [0.3, 0.4) is 0 Å². The van der Waals surface area contributed by atoms with E-state index in [0.717, 1.165) is 42.6 Å². The van der Waals surface area contributed by atoms with Crippen molar-refractivity contribution in [2.45, 2.75) is 32.7 Å². The van der Waals surface area contributed by atoms with Crippen LogP contribution >= 0.6 is 11.3 Å². The van der Waals surface area contributed by atoms with Crippen molar-refractivity contribution in [2.24, 2.45) is 0 Å². The number of nitro groups is 1.